The summed E-state index contributed by atoms with van der Waals surface area (Å²) in [6.07, 6.45) is 0.781. The molecule has 0 unspecified atom stereocenters. The summed E-state index contributed by atoms with van der Waals surface area (Å²) in [7, 11) is 0. The molecular formula is C14H15BrN2O3. The van der Waals surface area contributed by atoms with Gasteiger partial charge in [0.2, 0.25) is 5.91 Å². The van der Waals surface area contributed by atoms with Crippen LogP contribution in [0.4, 0.5) is 0 Å². The maximum atomic E-state index is 12.1. The number of hydrogen-bond donors (Lipinski definition) is 1. The molecule has 0 radical (unpaired) electrons. The normalized spacial score (nSPS) is 13.6. The Labute approximate surface area is 125 Å². The van der Waals surface area contributed by atoms with Gasteiger partial charge in [0.1, 0.15) is 0 Å². The second-order valence-electron chi connectivity index (χ2n) is 4.51. The fraction of sp³-hybridized carbons (Fsp3) is 0.357. The Morgan fingerprint density at radius 3 is 2.65 bits per heavy atom. The molecule has 0 saturated heterocycles. The summed E-state index contributed by atoms with van der Waals surface area (Å²) in [4.78, 5) is 36.8. The van der Waals surface area contributed by atoms with Crippen LogP contribution in [0.3, 0.4) is 0 Å². The van der Waals surface area contributed by atoms with E-state index in [4.69, 9.17) is 0 Å². The van der Waals surface area contributed by atoms with Crippen LogP contribution < -0.4 is 5.32 Å². The minimum atomic E-state index is -0.290. The Morgan fingerprint density at radius 2 is 1.95 bits per heavy atom. The molecule has 0 atom stereocenters. The number of nitrogens with zero attached hydrogens (tertiary/aromatic N) is 1. The van der Waals surface area contributed by atoms with Crippen molar-refractivity contribution in [2.75, 3.05) is 13.1 Å². The van der Waals surface area contributed by atoms with Crippen LogP contribution in [0.1, 0.15) is 40.5 Å². The van der Waals surface area contributed by atoms with E-state index in [9.17, 15) is 14.4 Å². The van der Waals surface area contributed by atoms with Gasteiger partial charge in [-0.15, -0.1) is 0 Å². The molecule has 0 fully saturated rings. The average Bonchev–Trinajstić information content (AvgIpc) is 2.63. The number of benzene rings is 1. The number of imide groups is 1. The van der Waals surface area contributed by atoms with E-state index in [-0.39, 0.29) is 24.3 Å². The number of fused-ring (bicyclic) bond motifs is 1. The largest absolute Gasteiger partial charge is 0.356 e. The van der Waals surface area contributed by atoms with Crippen LogP contribution in [0.2, 0.25) is 0 Å². The highest BCUT2D eigenvalue weighted by Crippen LogP contribution is 2.26. The van der Waals surface area contributed by atoms with Crippen molar-refractivity contribution in [3.8, 4) is 0 Å². The highest BCUT2D eigenvalue weighted by Gasteiger charge is 2.35. The predicted octanol–water partition coefficient (Wildman–Crippen LogP) is 1.96. The van der Waals surface area contributed by atoms with Crippen LogP contribution in [0.15, 0.2) is 22.7 Å². The SMILES string of the molecule is CCNC(=O)CCCN1C(=O)c2ccc(Br)cc2C1=O. The Morgan fingerprint density at radius 1 is 1.25 bits per heavy atom. The lowest BCUT2D eigenvalue weighted by atomic mass is 10.1. The number of carbonyl (C=O) groups excluding carboxylic acids is 3. The van der Waals surface area contributed by atoms with Gasteiger partial charge in [-0.3, -0.25) is 19.3 Å². The molecular weight excluding hydrogens is 324 g/mol. The van der Waals surface area contributed by atoms with E-state index in [0.717, 1.165) is 4.47 Å². The third-order valence-corrected chi connectivity index (χ3v) is 3.59. The van der Waals surface area contributed by atoms with Crippen molar-refractivity contribution in [2.24, 2.45) is 0 Å². The summed E-state index contributed by atoms with van der Waals surface area (Å²) >= 11 is 3.29. The minimum Gasteiger partial charge on any atom is -0.356 e. The fourth-order valence-electron chi connectivity index (χ4n) is 2.15. The van der Waals surface area contributed by atoms with Gasteiger partial charge >= 0.3 is 0 Å². The van der Waals surface area contributed by atoms with Crippen molar-refractivity contribution < 1.29 is 14.4 Å². The minimum absolute atomic E-state index is 0.0631. The highest BCUT2D eigenvalue weighted by atomic mass is 79.9. The summed E-state index contributed by atoms with van der Waals surface area (Å²) < 4.78 is 0.765. The van der Waals surface area contributed by atoms with E-state index in [1.807, 2.05) is 6.92 Å². The molecule has 1 N–H and O–H groups in total. The number of hydrogen-bond acceptors (Lipinski definition) is 3. The van der Waals surface area contributed by atoms with Crippen molar-refractivity contribution in [3.63, 3.8) is 0 Å². The number of amides is 3. The first-order valence-electron chi connectivity index (χ1n) is 6.47. The maximum Gasteiger partial charge on any atom is 0.261 e. The van der Waals surface area contributed by atoms with Gasteiger partial charge < -0.3 is 5.32 Å². The van der Waals surface area contributed by atoms with Crippen LogP contribution in [-0.4, -0.2) is 35.7 Å². The summed E-state index contributed by atoms with van der Waals surface area (Å²) in [5, 5.41) is 2.68. The molecule has 2 rings (SSSR count). The fourth-order valence-corrected chi connectivity index (χ4v) is 2.51. The second kappa shape index (κ2) is 6.17. The number of halogens is 1. The number of carbonyl (C=O) groups is 3. The van der Waals surface area contributed by atoms with Crippen LogP contribution >= 0.6 is 15.9 Å². The zero-order chi connectivity index (χ0) is 14.7. The Balaban J connectivity index is 2.00. The van der Waals surface area contributed by atoms with Gasteiger partial charge in [0.25, 0.3) is 11.8 Å². The second-order valence-corrected chi connectivity index (χ2v) is 5.42. The lowest BCUT2D eigenvalue weighted by Crippen LogP contribution is -2.32. The zero-order valence-corrected chi connectivity index (χ0v) is 12.7. The molecule has 1 aliphatic heterocycles. The van der Waals surface area contributed by atoms with Crippen molar-refractivity contribution in [2.45, 2.75) is 19.8 Å². The van der Waals surface area contributed by atoms with Gasteiger partial charge in [0.05, 0.1) is 11.1 Å². The molecule has 0 spiro atoms. The molecule has 1 aliphatic rings. The van der Waals surface area contributed by atoms with Crippen molar-refractivity contribution in [3.05, 3.63) is 33.8 Å². The first-order chi connectivity index (χ1) is 9.54. The summed E-state index contributed by atoms with van der Waals surface area (Å²) in [5.41, 5.74) is 0.846. The quantitative estimate of drug-likeness (QED) is 0.834. The molecule has 106 valence electrons. The molecule has 20 heavy (non-hydrogen) atoms. The molecule has 0 saturated carbocycles. The lowest BCUT2D eigenvalue weighted by Gasteiger charge is -2.13. The number of rotatable bonds is 5. The Bertz CT molecular complexity index is 572. The lowest BCUT2D eigenvalue weighted by molar-refractivity contribution is -0.121. The van der Waals surface area contributed by atoms with Gasteiger partial charge in [-0.25, -0.2) is 0 Å². The van der Waals surface area contributed by atoms with E-state index in [0.29, 0.717) is 30.5 Å². The molecule has 0 bridgehead atoms. The van der Waals surface area contributed by atoms with E-state index in [2.05, 4.69) is 21.2 Å². The van der Waals surface area contributed by atoms with Crippen molar-refractivity contribution >= 4 is 33.7 Å². The third-order valence-electron chi connectivity index (χ3n) is 3.09. The predicted molar refractivity (Wildman–Crippen MR) is 77.4 cm³/mol. The summed E-state index contributed by atoms with van der Waals surface area (Å²) in [6, 6.07) is 5.03. The van der Waals surface area contributed by atoms with Crippen molar-refractivity contribution in [1.82, 2.24) is 10.2 Å². The number of nitrogens with one attached hydrogen (secondary N) is 1. The van der Waals surface area contributed by atoms with Gasteiger partial charge in [0, 0.05) is 24.0 Å². The molecule has 1 aromatic carbocycles. The molecule has 6 heteroatoms. The highest BCUT2D eigenvalue weighted by molar-refractivity contribution is 9.10. The van der Waals surface area contributed by atoms with E-state index >= 15 is 0 Å². The van der Waals surface area contributed by atoms with Crippen LogP contribution in [-0.2, 0) is 4.79 Å². The standard InChI is InChI=1S/C14H15BrN2O3/c1-2-16-12(18)4-3-7-17-13(19)10-6-5-9(15)8-11(10)14(17)20/h5-6,8H,2-4,7H2,1H3,(H,16,18). The molecule has 1 heterocycles. The first-order valence-corrected chi connectivity index (χ1v) is 7.26. The Kier molecular flexibility index (Phi) is 4.54. The molecule has 5 nitrogen and oxygen atoms in total. The molecule has 0 aromatic heterocycles. The Hall–Kier alpha value is -1.69. The monoisotopic (exact) mass is 338 g/mol. The van der Waals surface area contributed by atoms with Crippen molar-refractivity contribution in [1.29, 1.82) is 0 Å². The molecule has 0 aliphatic carbocycles. The smallest absolute Gasteiger partial charge is 0.261 e. The summed E-state index contributed by atoms with van der Waals surface area (Å²) in [5.74, 6) is -0.637. The maximum absolute atomic E-state index is 12.1. The van der Waals surface area contributed by atoms with Gasteiger partial charge in [-0.1, -0.05) is 15.9 Å². The van der Waals surface area contributed by atoms with Crippen LogP contribution in [0.5, 0.6) is 0 Å². The first kappa shape index (κ1) is 14.7. The average molecular weight is 339 g/mol. The van der Waals surface area contributed by atoms with Gasteiger partial charge in [0.15, 0.2) is 0 Å². The van der Waals surface area contributed by atoms with E-state index in [1.54, 1.807) is 18.2 Å². The third kappa shape index (κ3) is 2.90. The van der Waals surface area contributed by atoms with Crippen LogP contribution in [0.25, 0.3) is 0 Å². The van der Waals surface area contributed by atoms with Crippen LogP contribution in [0, 0.1) is 0 Å². The summed E-state index contributed by atoms with van der Waals surface area (Å²) in [6.45, 7) is 2.70. The zero-order valence-electron chi connectivity index (χ0n) is 11.1. The van der Waals surface area contributed by atoms with Gasteiger partial charge in [-0.05, 0) is 31.5 Å². The van der Waals surface area contributed by atoms with E-state index in [1.165, 1.54) is 4.90 Å². The molecule has 3 amide bonds. The van der Waals surface area contributed by atoms with E-state index < -0.39 is 0 Å². The molecule has 1 aromatic rings. The van der Waals surface area contributed by atoms with Gasteiger partial charge in [-0.2, -0.15) is 0 Å². The topological polar surface area (TPSA) is 66.5 Å².